The van der Waals surface area contributed by atoms with Crippen molar-refractivity contribution in [2.45, 2.75) is 44.4 Å². The Morgan fingerprint density at radius 3 is 2.53 bits per heavy atom. The number of hydrogen-bond donors (Lipinski definition) is 0. The molecular weight excluding hydrogens is 406 g/mol. The number of piperazine rings is 1. The normalized spacial score (nSPS) is 23.2. The molecule has 3 saturated heterocycles. The Morgan fingerprint density at radius 1 is 0.969 bits per heavy atom. The number of piperidine rings is 1. The quantitative estimate of drug-likeness (QED) is 0.709. The lowest BCUT2D eigenvalue weighted by Crippen LogP contribution is -2.47. The molecule has 1 atom stereocenters. The van der Waals surface area contributed by atoms with Crippen molar-refractivity contribution < 1.29 is 14.4 Å². The van der Waals surface area contributed by atoms with E-state index in [0.29, 0.717) is 25.1 Å². The van der Waals surface area contributed by atoms with Crippen LogP contribution in [0.25, 0.3) is 0 Å². The van der Waals surface area contributed by atoms with Gasteiger partial charge < -0.3 is 19.6 Å². The number of carbonyl (C=O) groups is 3. The van der Waals surface area contributed by atoms with E-state index in [4.69, 9.17) is 0 Å². The van der Waals surface area contributed by atoms with Gasteiger partial charge in [0.25, 0.3) is 5.91 Å². The molecule has 0 aliphatic carbocycles. The van der Waals surface area contributed by atoms with Crippen molar-refractivity contribution in [3.05, 3.63) is 29.6 Å². The van der Waals surface area contributed by atoms with Crippen LogP contribution in [0.4, 0.5) is 0 Å². The van der Waals surface area contributed by atoms with Crippen molar-refractivity contribution in [1.82, 2.24) is 24.6 Å². The Morgan fingerprint density at radius 2 is 1.78 bits per heavy atom. The van der Waals surface area contributed by atoms with Gasteiger partial charge in [-0.05, 0) is 44.9 Å². The molecule has 1 aromatic rings. The van der Waals surface area contributed by atoms with Crippen LogP contribution in [0.3, 0.4) is 0 Å². The first-order valence-corrected chi connectivity index (χ1v) is 12.0. The van der Waals surface area contributed by atoms with Gasteiger partial charge in [0.05, 0.1) is 12.1 Å². The van der Waals surface area contributed by atoms with E-state index in [1.807, 2.05) is 21.9 Å². The molecule has 0 aromatic carbocycles. The molecule has 0 N–H and O–H groups in total. The van der Waals surface area contributed by atoms with Gasteiger partial charge in [-0.25, -0.2) is 0 Å². The highest BCUT2D eigenvalue weighted by Crippen LogP contribution is 2.26. The van der Waals surface area contributed by atoms with Crippen LogP contribution in [0, 0.1) is 0 Å². The number of nitrogens with zero attached hydrogens (tertiary/aromatic N) is 5. The van der Waals surface area contributed by atoms with E-state index in [1.165, 1.54) is 0 Å². The summed E-state index contributed by atoms with van der Waals surface area (Å²) < 4.78 is 0. The van der Waals surface area contributed by atoms with Crippen molar-refractivity contribution in [3.8, 4) is 0 Å². The summed E-state index contributed by atoms with van der Waals surface area (Å²) in [6.45, 7) is 5.52. The molecular formula is C24H35N5O3. The van der Waals surface area contributed by atoms with Crippen molar-refractivity contribution in [2.75, 3.05) is 59.4 Å². The standard InChI is InChI=1S/C24H35N5O3/c1-26-12-14-27(15-13-26)24(32)19-8-9-21(25-16-19)20-6-5-11-28(17-20)23(31)18-29-10-4-2-3-7-22(29)30/h8-9,16,20H,2-7,10-15,17-18H2,1H3/t20-/m0/s1. The topological polar surface area (TPSA) is 77.1 Å². The molecule has 0 saturated carbocycles. The highest BCUT2D eigenvalue weighted by Gasteiger charge is 2.28. The van der Waals surface area contributed by atoms with Gasteiger partial charge in [-0.15, -0.1) is 0 Å². The SMILES string of the molecule is CN1CCN(C(=O)c2ccc([C@H]3CCCN(C(=O)CN4CCCCCC4=O)C3)nc2)CC1. The maximum Gasteiger partial charge on any atom is 0.255 e. The first-order chi connectivity index (χ1) is 15.5. The second-order valence-electron chi connectivity index (χ2n) is 9.37. The zero-order valence-electron chi connectivity index (χ0n) is 19.2. The molecule has 8 heteroatoms. The van der Waals surface area contributed by atoms with Gasteiger partial charge in [-0.3, -0.25) is 19.4 Å². The van der Waals surface area contributed by atoms with Gasteiger partial charge in [0.2, 0.25) is 11.8 Å². The van der Waals surface area contributed by atoms with E-state index in [9.17, 15) is 14.4 Å². The van der Waals surface area contributed by atoms with Crippen LogP contribution < -0.4 is 0 Å². The van der Waals surface area contributed by atoms with Crippen molar-refractivity contribution >= 4 is 17.7 Å². The largest absolute Gasteiger partial charge is 0.340 e. The van der Waals surface area contributed by atoms with Gasteiger partial charge in [0.15, 0.2) is 0 Å². The number of likely N-dealkylation sites (N-methyl/N-ethyl adjacent to an activating group) is 1. The molecule has 174 valence electrons. The maximum atomic E-state index is 12.9. The minimum atomic E-state index is 0.0341. The second kappa shape index (κ2) is 10.4. The van der Waals surface area contributed by atoms with Crippen molar-refractivity contribution in [3.63, 3.8) is 0 Å². The molecule has 3 aliphatic rings. The minimum Gasteiger partial charge on any atom is -0.340 e. The molecule has 4 heterocycles. The molecule has 4 rings (SSSR count). The smallest absolute Gasteiger partial charge is 0.255 e. The predicted molar refractivity (Wildman–Crippen MR) is 121 cm³/mol. The molecule has 1 aromatic heterocycles. The lowest BCUT2D eigenvalue weighted by atomic mass is 9.94. The van der Waals surface area contributed by atoms with Gasteiger partial charge in [0, 0.05) is 70.0 Å². The monoisotopic (exact) mass is 441 g/mol. The number of carbonyl (C=O) groups excluding carboxylic acids is 3. The lowest BCUT2D eigenvalue weighted by molar-refractivity contribution is -0.140. The average Bonchev–Trinajstić information content (AvgIpc) is 3.03. The Balaban J connectivity index is 1.34. The molecule has 3 amide bonds. The fraction of sp³-hybridized carbons (Fsp3) is 0.667. The summed E-state index contributed by atoms with van der Waals surface area (Å²) in [6.07, 6.45) is 7.10. The van der Waals surface area contributed by atoms with Gasteiger partial charge in [0.1, 0.15) is 0 Å². The number of pyridine rings is 1. The zero-order valence-corrected chi connectivity index (χ0v) is 19.2. The van der Waals surface area contributed by atoms with E-state index in [1.54, 1.807) is 11.1 Å². The Kier molecular flexibility index (Phi) is 7.40. The van der Waals surface area contributed by atoms with Crippen LogP contribution in [0.5, 0.6) is 0 Å². The molecule has 0 radical (unpaired) electrons. The van der Waals surface area contributed by atoms with Crippen LogP contribution in [0.1, 0.15) is 60.5 Å². The fourth-order valence-corrected chi connectivity index (χ4v) is 4.88. The number of likely N-dealkylation sites (tertiary alicyclic amines) is 2. The molecule has 8 nitrogen and oxygen atoms in total. The number of aromatic nitrogens is 1. The van der Waals surface area contributed by atoms with Crippen LogP contribution in [-0.2, 0) is 9.59 Å². The lowest BCUT2D eigenvalue weighted by Gasteiger charge is -2.34. The fourth-order valence-electron chi connectivity index (χ4n) is 4.88. The molecule has 0 bridgehead atoms. The first kappa shape index (κ1) is 22.7. The summed E-state index contributed by atoms with van der Waals surface area (Å²) in [4.78, 5) is 50.2. The van der Waals surface area contributed by atoms with Crippen molar-refractivity contribution in [2.24, 2.45) is 0 Å². The third-order valence-electron chi connectivity index (χ3n) is 7.01. The average molecular weight is 442 g/mol. The Bertz CT molecular complexity index is 819. The Hall–Kier alpha value is -2.48. The molecule has 0 unspecified atom stereocenters. The van der Waals surface area contributed by atoms with Gasteiger partial charge in [-0.1, -0.05) is 6.42 Å². The molecule has 3 fully saturated rings. The number of amides is 3. The van der Waals surface area contributed by atoms with Gasteiger partial charge >= 0.3 is 0 Å². The third kappa shape index (κ3) is 5.46. The summed E-state index contributed by atoms with van der Waals surface area (Å²) in [5.74, 6) is 0.346. The minimum absolute atomic E-state index is 0.0341. The highest BCUT2D eigenvalue weighted by atomic mass is 16.2. The molecule has 3 aliphatic heterocycles. The van der Waals surface area contributed by atoms with Crippen molar-refractivity contribution in [1.29, 1.82) is 0 Å². The van der Waals surface area contributed by atoms with E-state index in [-0.39, 0.29) is 30.2 Å². The summed E-state index contributed by atoms with van der Waals surface area (Å²) in [5.41, 5.74) is 1.56. The van der Waals surface area contributed by atoms with Crippen LogP contribution in [0.2, 0.25) is 0 Å². The molecule has 32 heavy (non-hydrogen) atoms. The summed E-state index contributed by atoms with van der Waals surface area (Å²) in [5, 5.41) is 0. The van der Waals surface area contributed by atoms with Crippen LogP contribution >= 0.6 is 0 Å². The highest BCUT2D eigenvalue weighted by molar-refractivity contribution is 5.94. The summed E-state index contributed by atoms with van der Waals surface area (Å²) >= 11 is 0. The van der Waals surface area contributed by atoms with Gasteiger partial charge in [-0.2, -0.15) is 0 Å². The van der Waals surface area contributed by atoms with E-state index >= 15 is 0 Å². The molecule has 0 spiro atoms. The Labute approximate surface area is 190 Å². The van der Waals surface area contributed by atoms with E-state index in [0.717, 1.165) is 70.5 Å². The summed E-state index contributed by atoms with van der Waals surface area (Å²) in [6, 6.07) is 3.82. The zero-order chi connectivity index (χ0) is 22.5. The second-order valence-corrected chi connectivity index (χ2v) is 9.37. The van der Waals surface area contributed by atoms with Crippen LogP contribution in [0.15, 0.2) is 18.3 Å². The first-order valence-electron chi connectivity index (χ1n) is 12.0. The predicted octanol–water partition coefficient (Wildman–Crippen LogP) is 1.58. The number of hydrogen-bond acceptors (Lipinski definition) is 5. The van der Waals surface area contributed by atoms with E-state index in [2.05, 4.69) is 16.9 Å². The summed E-state index contributed by atoms with van der Waals surface area (Å²) in [7, 11) is 2.07. The third-order valence-corrected chi connectivity index (χ3v) is 7.01. The van der Waals surface area contributed by atoms with Crippen LogP contribution in [-0.4, -0.2) is 102 Å². The van der Waals surface area contributed by atoms with E-state index < -0.39 is 0 Å². The number of rotatable bonds is 4. The maximum absolute atomic E-state index is 12.9.